The summed E-state index contributed by atoms with van der Waals surface area (Å²) < 4.78 is 5.24. The fourth-order valence-corrected chi connectivity index (χ4v) is 1.73. The second kappa shape index (κ2) is 4.99. The highest BCUT2D eigenvalue weighted by Crippen LogP contribution is 2.18. The second-order valence-corrected chi connectivity index (χ2v) is 3.50. The lowest BCUT2D eigenvalue weighted by molar-refractivity contribution is -0.119. The van der Waals surface area contributed by atoms with Crippen molar-refractivity contribution < 1.29 is 9.53 Å². The average molecular weight is 199 g/mol. The van der Waals surface area contributed by atoms with Crippen LogP contribution in [-0.2, 0) is 9.53 Å². The van der Waals surface area contributed by atoms with Gasteiger partial charge in [0.25, 0.3) is 0 Å². The van der Waals surface area contributed by atoms with E-state index in [1.54, 1.807) is 18.4 Å². The zero-order chi connectivity index (χ0) is 9.68. The van der Waals surface area contributed by atoms with Gasteiger partial charge in [-0.1, -0.05) is 0 Å². The third-order valence-corrected chi connectivity index (χ3v) is 2.44. The van der Waals surface area contributed by atoms with E-state index in [-0.39, 0.29) is 12.0 Å². The molecule has 1 atom stereocenters. The molecule has 13 heavy (non-hydrogen) atoms. The molecule has 1 aromatic rings. The Kier molecular flexibility index (Phi) is 3.92. The standard InChI is InChI=1S/C9H13NO2S/c1-7(11)10-5-9(12-2)8-3-4-13-6-8/h3-4,6,9H,5H2,1-2H3,(H,10,11)/t9-/m1/s1. The Labute approximate surface area is 81.7 Å². The molecule has 0 aliphatic rings. The van der Waals surface area contributed by atoms with Crippen LogP contribution in [0.25, 0.3) is 0 Å². The van der Waals surface area contributed by atoms with Gasteiger partial charge in [-0.25, -0.2) is 0 Å². The fourth-order valence-electron chi connectivity index (χ4n) is 1.03. The molecule has 0 aliphatic carbocycles. The van der Waals surface area contributed by atoms with Gasteiger partial charge in [0.05, 0.1) is 0 Å². The van der Waals surface area contributed by atoms with Crippen molar-refractivity contribution in [3.05, 3.63) is 22.4 Å². The molecule has 0 saturated carbocycles. The van der Waals surface area contributed by atoms with E-state index in [4.69, 9.17) is 4.74 Å². The largest absolute Gasteiger partial charge is 0.375 e. The van der Waals surface area contributed by atoms with Gasteiger partial charge in [0.15, 0.2) is 0 Å². The van der Waals surface area contributed by atoms with Crippen LogP contribution in [-0.4, -0.2) is 19.6 Å². The van der Waals surface area contributed by atoms with Gasteiger partial charge in [-0.15, -0.1) is 0 Å². The molecule has 1 heterocycles. The van der Waals surface area contributed by atoms with Crippen LogP contribution in [0, 0.1) is 0 Å². The van der Waals surface area contributed by atoms with E-state index in [0.29, 0.717) is 6.54 Å². The third-order valence-electron chi connectivity index (χ3n) is 1.74. The summed E-state index contributed by atoms with van der Waals surface area (Å²) in [5, 5.41) is 6.74. The van der Waals surface area contributed by atoms with Crippen LogP contribution >= 0.6 is 11.3 Å². The highest BCUT2D eigenvalue weighted by Gasteiger charge is 2.10. The molecule has 1 amide bonds. The fraction of sp³-hybridized carbons (Fsp3) is 0.444. The normalized spacial score (nSPS) is 12.5. The van der Waals surface area contributed by atoms with Crippen molar-refractivity contribution in [3.63, 3.8) is 0 Å². The number of carbonyl (C=O) groups excluding carboxylic acids is 1. The maximum Gasteiger partial charge on any atom is 0.216 e. The molecule has 0 spiro atoms. The lowest BCUT2D eigenvalue weighted by Gasteiger charge is -2.13. The van der Waals surface area contributed by atoms with Crippen LogP contribution in [0.5, 0.6) is 0 Å². The lowest BCUT2D eigenvalue weighted by Crippen LogP contribution is -2.26. The minimum absolute atomic E-state index is 0.0303. The molecule has 72 valence electrons. The van der Waals surface area contributed by atoms with Crippen molar-refractivity contribution in [2.75, 3.05) is 13.7 Å². The van der Waals surface area contributed by atoms with Gasteiger partial charge in [0, 0.05) is 20.6 Å². The van der Waals surface area contributed by atoms with Crippen molar-refractivity contribution in [2.24, 2.45) is 0 Å². The predicted molar refractivity (Wildman–Crippen MR) is 52.8 cm³/mol. The number of nitrogens with one attached hydrogen (secondary N) is 1. The number of hydrogen-bond acceptors (Lipinski definition) is 3. The van der Waals surface area contributed by atoms with Crippen LogP contribution in [0.1, 0.15) is 18.6 Å². The van der Waals surface area contributed by atoms with Crippen LogP contribution in [0.3, 0.4) is 0 Å². The van der Waals surface area contributed by atoms with Crippen LogP contribution in [0.15, 0.2) is 16.8 Å². The van der Waals surface area contributed by atoms with Crippen LogP contribution in [0.2, 0.25) is 0 Å². The zero-order valence-electron chi connectivity index (χ0n) is 7.74. The summed E-state index contributed by atoms with van der Waals surface area (Å²) in [4.78, 5) is 10.7. The summed E-state index contributed by atoms with van der Waals surface area (Å²) in [5.74, 6) is -0.0303. The monoisotopic (exact) mass is 199 g/mol. The summed E-state index contributed by atoms with van der Waals surface area (Å²) in [6.45, 7) is 2.03. The first-order valence-corrected chi connectivity index (χ1v) is 4.97. The molecular weight excluding hydrogens is 186 g/mol. The maximum absolute atomic E-state index is 10.7. The number of carbonyl (C=O) groups is 1. The van der Waals surface area contributed by atoms with E-state index >= 15 is 0 Å². The molecule has 0 unspecified atom stereocenters. The first-order chi connectivity index (χ1) is 6.24. The minimum atomic E-state index is -0.0323. The molecule has 1 rings (SSSR count). The van der Waals surface area contributed by atoms with E-state index in [2.05, 4.69) is 5.32 Å². The molecule has 0 fully saturated rings. The summed E-state index contributed by atoms with van der Waals surface area (Å²) in [7, 11) is 1.64. The van der Waals surface area contributed by atoms with Crippen molar-refractivity contribution in [1.82, 2.24) is 5.32 Å². The minimum Gasteiger partial charge on any atom is -0.375 e. The first kappa shape index (κ1) is 10.2. The molecule has 3 nitrogen and oxygen atoms in total. The Hall–Kier alpha value is -0.870. The van der Waals surface area contributed by atoms with Crippen molar-refractivity contribution in [1.29, 1.82) is 0 Å². The van der Waals surface area contributed by atoms with Crippen LogP contribution in [0.4, 0.5) is 0 Å². The van der Waals surface area contributed by atoms with Crippen molar-refractivity contribution in [2.45, 2.75) is 13.0 Å². The number of rotatable bonds is 4. The number of thiophene rings is 1. The highest BCUT2D eigenvalue weighted by molar-refractivity contribution is 7.07. The van der Waals surface area contributed by atoms with Gasteiger partial charge in [0.2, 0.25) is 5.91 Å². The number of hydrogen-bond donors (Lipinski definition) is 1. The number of methoxy groups -OCH3 is 1. The Morgan fingerprint density at radius 3 is 3.00 bits per heavy atom. The van der Waals surface area contributed by atoms with Gasteiger partial charge in [-0.05, 0) is 22.4 Å². The number of amides is 1. The summed E-state index contributed by atoms with van der Waals surface area (Å²) in [6, 6.07) is 2.00. The molecule has 0 aliphatic heterocycles. The Morgan fingerprint density at radius 1 is 1.77 bits per heavy atom. The summed E-state index contributed by atoms with van der Waals surface area (Å²) in [5.41, 5.74) is 1.11. The topological polar surface area (TPSA) is 38.3 Å². The number of ether oxygens (including phenoxy) is 1. The van der Waals surface area contributed by atoms with Crippen molar-refractivity contribution >= 4 is 17.2 Å². The van der Waals surface area contributed by atoms with Crippen molar-refractivity contribution in [3.8, 4) is 0 Å². The smallest absolute Gasteiger partial charge is 0.216 e. The van der Waals surface area contributed by atoms with E-state index < -0.39 is 0 Å². The quantitative estimate of drug-likeness (QED) is 0.799. The summed E-state index contributed by atoms with van der Waals surface area (Å²) in [6.07, 6.45) is -0.0323. The van der Waals surface area contributed by atoms with Gasteiger partial charge in [-0.3, -0.25) is 4.79 Å². The molecule has 1 N–H and O–H groups in total. The highest BCUT2D eigenvalue weighted by atomic mass is 32.1. The lowest BCUT2D eigenvalue weighted by atomic mass is 10.2. The predicted octanol–water partition coefficient (Wildman–Crippen LogP) is 1.57. The molecule has 0 saturated heterocycles. The average Bonchev–Trinajstić information content (AvgIpc) is 2.58. The van der Waals surface area contributed by atoms with E-state index in [1.807, 2.05) is 16.8 Å². The molecule has 1 aromatic heterocycles. The van der Waals surface area contributed by atoms with Gasteiger partial charge >= 0.3 is 0 Å². The van der Waals surface area contributed by atoms with Gasteiger partial charge in [0.1, 0.15) is 6.10 Å². The van der Waals surface area contributed by atoms with Gasteiger partial charge in [-0.2, -0.15) is 11.3 Å². The Balaban J connectivity index is 2.49. The molecule has 0 bridgehead atoms. The molecule has 4 heteroatoms. The SMILES string of the molecule is CO[C@H](CNC(C)=O)c1ccsc1. The molecule has 0 radical (unpaired) electrons. The van der Waals surface area contributed by atoms with E-state index in [0.717, 1.165) is 5.56 Å². The zero-order valence-corrected chi connectivity index (χ0v) is 8.56. The second-order valence-electron chi connectivity index (χ2n) is 2.72. The Morgan fingerprint density at radius 2 is 2.54 bits per heavy atom. The molecular formula is C9H13NO2S. The first-order valence-electron chi connectivity index (χ1n) is 4.03. The maximum atomic E-state index is 10.7. The van der Waals surface area contributed by atoms with Gasteiger partial charge < -0.3 is 10.1 Å². The van der Waals surface area contributed by atoms with Crippen LogP contribution < -0.4 is 5.32 Å². The molecule has 0 aromatic carbocycles. The Bertz CT molecular complexity index is 259. The van der Waals surface area contributed by atoms with E-state index in [1.165, 1.54) is 6.92 Å². The third kappa shape index (κ3) is 3.16. The van der Waals surface area contributed by atoms with E-state index in [9.17, 15) is 4.79 Å². The summed E-state index contributed by atoms with van der Waals surface area (Å²) >= 11 is 1.62.